The largest absolute Gasteiger partial charge is 0.396 e. The number of rotatable bonds is 8. The van der Waals surface area contributed by atoms with Crippen molar-refractivity contribution in [1.82, 2.24) is 15.5 Å². The van der Waals surface area contributed by atoms with Gasteiger partial charge in [-0.3, -0.25) is 9.59 Å². The second-order valence-corrected chi connectivity index (χ2v) is 13.6. The van der Waals surface area contributed by atoms with Gasteiger partial charge >= 0.3 is 0 Å². The van der Waals surface area contributed by atoms with Crippen LogP contribution in [0.4, 0.5) is 0 Å². The zero-order chi connectivity index (χ0) is 28.0. The predicted octanol–water partition coefficient (Wildman–Crippen LogP) is 2.24. The van der Waals surface area contributed by atoms with E-state index < -0.39 is 6.10 Å². The summed E-state index contributed by atoms with van der Waals surface area (Å²) in [7, 11) is 3.46. The lowest BCUT2D eigenvalue weighted by molar-refractivity contribution is -0.175. The minimum absolute atomic E-state index is 0.00365. The summed E-state index contributed by atoms with van der Waals surface area (Å²) in [4.78, 5) is 29.5. The standard InChI is InChI=1S/C31H51N3O6/c1-17(30(36)33-19-6-4-18(5-7-19)13-15-35)40-20-8-10-24-23(16-20)21-12-14-32-27-22-9-11-25(38-2)29(39-3)26(22)31(37)34(24)28(21)27/h17-29,32,35H,4-16H2,1-3H3,(H,33,36)/t17-,18?,19?,20?,21?,22?,23?,24?,25?,26?,27?,28?,29?/m1/s1. The normalized spacial score (nSPS) is 45.3. The van der Waals surface area contributed by atoms with Gasteiger partial charge in [-0.05, 0) is 108 Å². The summed E-state index contributed by atoms with van der Waals surface area (Å²) in [6.45, 7) is 3.14. The molecule has 2 amide bonds. The highest BCUT2D eigenvalue weighted by atomic mass is 16.5. The summed E-state index contributed by atoms with van der Waals surface area (Å²) < 4.78 is 18.2. The molecule has 9 heteroatoms. The molecule has 11 atom stereocenters. The van der Waals surface area contributed by atoms with Crippen molar-refractivity contribution in [3.63, 3.8) is 0 Å². The highest BCUT2D eigenvalue weighted by Gasteiger charge is 2.64. The molecule has 3 heterocycles. The monoisotopic (exact) mass is 561 g/mol. The van der Waals surface area contributed by atoms with Gasteiger partial charge in [0.15, 0.2) is 0 Å². The summed E-state index contributed by atoms with van der Waals surface area (Å²) in [6, 6.07) is 1.04. The third-order valence-corrected chi connectivity index (χ3v) is 11.7. The van der Waals surface area contributed by atoms with E-state index >= 15 is 0 Å². The van der Waals surface area contributed by atoms with Gasteiger partial charge in [0.05, 0.1) is 30.3 Å². The lowest BCUT2D eigenvalue weighted by atomic mass is 9.64. The second-order valence-electron chi connectivity index (χ2n) is 13.6. The fourth-order valence-corrected chi connectivity index (χ4v) is 9.91. The molecule has 0 radical (unpaired) electrons. The van der Waals surface area contributed by atoms with E-state index in [4.69, 9.17) is 14.2 Å². The van der Waals surface area contributed by atoms with E-state index in [1.165, 1.54) is 0 Å². The van der Waals surface area contributed by atoms with Crippen LogP contribution in [0.1, 0.15) is 77.6 Å². The number of nitrogens with zero attached hydrogens (tertiary/aromatic N) is 1. The molecule has 3 saturated carbocycles. The summed E-state index contributed by atoms with van der Waals surface area (Å²) in [5, 5.41) is 16.3. The van der Waals surface area contributed by atoms with Gasteiger partial charge in [-0.25, -0.2) is 0 Å². The molecule has 0 aromatic heterocycles. The lowest BCUT2D eigenvalue weighted by Gasteiger charge is -2.55. The number of aliphatic hydroxyl groups is 1. The number of fused-ring (bicyclic) bond motifs is 5. The Kier molecular flexibility index (Phi) is 8.76. The van der Waals surface area contributed by atoms with Crippen LogP contribution in [0.5, 0.6) is 0 Å². The minimum atomic E-state index is -0.473. The van der Waals surface area contributed by atoms with Gasteiger partial charge in [0.1, 0.15) is 6.10 Å². The quantitative estimate of drug-likeness (QED) is 0.417. The van der Waals surface area contributed by atoms with Gasteiger partial charge in [-0.1, -0.05) is 0 Å². The fourth-order valence-electron chi connectivity index (χ4n) is 9.91. The van der Waals surface area contributed by atoms with Crippen LogP contribution in [0.2, 0.25) is 0 Å². The topological polar surface area (TPSA) is 109 Å². The van der Waals surface area contributed by atoms with Crippen LogP contribution in [0.15, 0.2) is 0 Å². The molecule has 0 aromatic rings. The molecule has 3 N–H and O–H groups in total. The van der Waals surface area contributed by atoms with Gasteiger partial charge in [0.2, 0.25) is 11.8 Å². The van der Waals surface area contributed by atoms with Crippen LogP contribution in [-0.4, -0.2) is 97.8 Å². The van der Waals surface area contributed by atoms with Crippen LogP contribution >= 0.6 is 0 Å². The van der Waals surface area contributed by atoms with Crippen LogP contribution in [0.3, 0.4) is 0 Å². The number of carbonyl (C=O) groups excluding carboxylic acids is 2. The molecule has 3 aliphatic carbocycles. The second kappa shape index (κ2) is 12.2. The Labute approximate surface area is 239 Å². The van der Waals surface area contributed by atoms with Crippen LogP contribution < -0.4 is 10.6 Å². The average Bonchev–Trinajstić information content (AvgIpc) is 3.31. The average molecular weight is 562 g/mol. The van der Waals surface area contributed by atoms with Crippen LogP contribution in [0, 0.1) is 29.6 Å². The number of carbonyl (C=O) groups is 2. The highest BCUT2D eigenvalue weighted by molar-refractivity contribution is 5.83. The van der Waals surface area contributed by atoms with Crippen molar-refractivity contribution in [1.29, 1.82) is 0 Å². The number of piperidine rings is 2. The Bertz CT molecular complexity index is 912. The Morgan fingerprint density at radius 3 is 2.55 bits per heavy atom. The number of aliphatic hydroxyl groups excluding tert-OH is 1. The molecule has 0 spiro atoms. The van der Waals surface area contributed by atoms with E-state index in [0.29, 0.717) is 29.7 Å². The molecular weight excluding hydrogens is 510 g/mol. The van der Waals surface area contributed by atoms with Gasteiger partial charge in [-0.2, -0.15) is 0 Å². The Morgan fingerprint density at radius 2 is 1.82 bits per heavy atom. The Morgan fingerprint density at radius 1 is 1.02 bits per heavy atom. The maximum atomic E-state index is 14.2. The van der Waals surface area contributed by atoms with Crippen molar-refractivity contribution in [3.8, 4) is 0 Å². The number of methoxy groups -OCH3 is 2. The van der Waals surface area contributed by atoms with E-state index in [9.17, 15) is 14.7 Å². The lowest BCUT2D eigenvalue weighted by Crippen LogP contribution is -2.70. The number of hydrogen-bond acceptors (Lipinski definition) is 7. The first-order chi connectivity index (χ1) is 19.4. The summed E-state index contributed by atoms with van der Waals surface area (Å²) >= 11 is 0. The molecule has 0 bridgehead atoms. The first kappa shape index (κ1) is 28.8. The highest BCUT2D eigenvalue weighted by Crippen LogP contribution is 2.54. The zero-order valence-corrected chi connectivity index (χ0v) is 24.6. The zero-order valence-electron chi connectivity index (χ0n) is 24.6. The van der Waals surface area contributed by atoms with E-state index in [2.05, 4.69) is 15.5 Å². The summed E-state index contributed by atoms with van der Waals surface area (Å²) in [5.41, 5.74) is 0. The van der Waals surface area contributed by atoms with Crippen LogP contribution in [0.25, 0.3) is 0 Å². The van der Waals surface area contributed by atoms with Gasteiger partial charge in [0, 0.05) is 39.0 Å². The van der Waals surface area contributed by atoms with Crippen molar-refractivity contribution in [2.24, 2.45) is 29.6 Å². The van der Waals surface area contributed by atoms with Crippen molar-refractivity contribution < 1.29 is 28.9 Å². The Balaban J connectivity index is 1.10. The number of hydrogen-bond donors (Lipinski definition) is 3. The maximum Gasteiger partial charge on any atom is 0.249 e. The van der Waals surface area contributed by atoms with Crippen LogP contribution in [-0.2, 0) is 23.8 Å². The molecule has 40 heavy (non-hydrogen) atoms. The molecule has 6 rings (SSSR count). The third kappa shape index (κ3) is 5.12. The molecule has 6 fully saturated rings. The van der Waals surface area contributed by atoms with E-state index in [1.54, 1.807) is 14.2 Å². The van der Waals surface area contributed by atoms with E-state index in [-0.39, 0.29) is 60.8 Å². The molecule has 3 aliphatic heterocycles. The SMILES string of the molecule is COC1CCC2C3NCCC4C5CC(O[C@H](C)C(=O)NC6CCC(CCO)CC6)CCC5N(C(=O)C2C1OC)C43. The molecule has 3 saturated heterocycles. The number of ether oxygens (including phenoxy) is 3. The number of nitrogens with one attached hydrogen (secondary N) is 2. The summed E-state index contributed by atoms with van der Waals surface area (Å²) in [5.74, 6) is 1.92. The van der Waals surface area contributed by atoms with Crippen molar-refractivity contribution >= 4 is 11.8 Å². The predicted molar refractivity (Wildman–Crippen MR) is 149 cm³/mol. The first-order valence-electron chi connectivity index (χ1n) is 16.1. The van der Waals surface area contributed by atoms with Crippen molar-refractivity contribution in [3.05, 3.63) is 0 Å². The molecule has 10 unspecified atom stereocenters. The Hall–Kier alpha value is -1.26. The summed E-state index contributed by atoms with van der Waals surface area (Å²) in [6.07, 6.45) is 10.1. The first-order valence-corrected chi connectivity index (χ1v) is 16.1. The smallest absolute Gasteiger partial charge is 0.249 e. The van der Waals surface area contributed by atoms with Gasteiger partial charge < -0.3 is 34.9 Å². The van der Waals surface area contributed by atoms with Gasteiger partial charge in [0.25, 0.3) is 0 Å². The molecule has 0 aromatic carbocycles. The van der Waals surface area contributed by atoms with Crippen molar-refractivity contribution in [2.75, 3.05) is 27.4 Å². The van der Waals surface area contributed by atoms with E-state index in [1.807, 2.05) is 6.92 Å². The van der Waals surface area contributed by atoms with Crippen molar-refractivity contribution in [2.45, 2.75) is 126 Å². The fraction of sp³-hybridized carbons (Fsp3) is 0.935. The maximum absolute atomic E-state index is 14.2. The minimum Gasteiger partial charge on any atom is -0.396 e. The van der Waals surface area contributed by atoms with Gasteiger partial charge in [-0.15, -0.1) is 0 Å². The molecule has 6 aliphatic rings. The van der Waals surface area contributed by atoms with E-state index in [0.717, 1.165) is 77.2 Å². The molecule has 226 valence electrons. The third-order valence-electron chi connectivity index (χ3n) is 11.7. The molecular formula is C31H51N3O6. The number of amides is 2. The molecule has 9 nitrogen and oxygen atoms in total.